The van der Waals surface area contributed by atoms with Gasteiger partial charge in [-0.3, -0.25) is 14.9 Å². The minimum absolute atomic E-state index is 0. The number of rotatable bonds is 5. The molecule has 0 unspecified atom stereocenters. The molecule has 1 amide bonds. The molecule has 134 valence electrons. The SMILES string of the molecule is CN(CC(=O)N1CCNCC1)S(=O)(=O)c1ccccc1[N+](=O)[O-].Cl. The van der Waals surface area contributed by atoms with Crippen molar-refractivity contribution >= 4 is 34.0 Å². The summed E-state index contributed by atoms with van der Waals surface area (Å²) in [7, 11) is -2.88. The van der Waals surface area contributed by atoms with Crippen molar-refractivity contribution in [2.45, 2.75) is 4.90 Å². The van der Waals surface area contributed by atoms with Crippen LogP contribution >= 0.6 is 12.4 Å². The van der Waals surface area contributed by atoms with Gasteiger partial charge in [-0.25, -0.2) is 8.42 Å². The van der Waals surface area contributed by atoms with E-state index in [1.165, 1.54) is 25.2 Å². The van der Waals surface area contributed by atoms with Gasteiger partial charge in [0.1, 0.15) is 0 Å². The maximum Gasteiger partial charge on any atom is 0.289 e. The molecule has 0 spiro atoms. The van der Waals surface area contributed by atoms with Crippen molar-refractivity contribution in [3.8, 4) is 0 Å². The smallest absolute Gasteiger partial charge is 0.289 e. The summed E-state index contributed by atoms with van der Waals surface area (Å²) in [5, 5.41) is 14.1. The zero-order chi connectivity index (χ0) is 17.0. The number of hydrogen-bond acceptors (Lipinski definition) is 6. The zero-order valence-corrected chi connectivity index (χ0v) is 14.7. The summed E-state index contributed by atoms with van der Waals surface area (Å²) < 4.78 is 25.9. The van der Waals surface area contributed by atoms with Crippen molar-refractivity contribution in [3.63, 3.8) is 0 Å². The Morgan fingerprint density at radius 1 is 1.33 bits per heavy atom. The van der Waals surface area contributed by atoms with Crippen LogP contribution in [0.4, 0.5) is 5.69 Å². The van der Waals surface area contributed by atoms with E-state index in [0.717, 1.165) is 10.4 Å². The van der Waals surface area contributed by atoms with Crippen LogP contribution in [-0.2, 0) is 14.8 Å². The minimum Gasteiger partial charge on any atom is -0.339 e. The van der Waals surface area contributed by atoms with E-state index < -0.39 is 25.5 Å². The number of nitrogens with one attached hydrogen (secondary N) is 1. The summed E-state index contributed by atoms with van der Waals surface area (Å²) in [6, 6.07) is 5.09. The molecule has 0 bridgehead atoms. The Hall–Kier alpha value is -1.75. The second-order valence-electron chi connectivity index (χ2n) is 5.12. The summed E-state index contributed by atoms with van der Waals surface area (Å²) >= 11 is 0. The molecule has 1 aromatic carbocycles. The first-order valence-electron chi connectivity index (χ1n) is 7.02. The standard InChI is InChI=1S/C13H18N4O5S.ClH/c1-15(10-13(18)16-8-6-14-7-9-16)23(21,22)12-5-3-2-4-11(12)17(19)20;/h2-5,14H,6-10H2,1H3;1H. The second kappa shape index (κ2) is 8.38. The Labute approximate surface area is 146 Å². The fourth-order valence-corrected chi connectivity index (χ4v) is 3.56. The van der Waals surface area contributed by atoms with Gasteiger partial charge < -0.3 is 10.2 Å². The first-order valence-corrected chi connectivity index (χ1v) is 8.46. The Balaban J connectivity index is 0.00000288. The van der Waals surface area contributed by atoms with E-state index in [4.69, 9.17) is 0 Å². The molecule has 0 aliphatic carbocycles. The molecule has 0 saturated carbocycles. The molecule has 1 saturated heterocycles. The lowest BCUT2D eigenvalue weighted by molar-refractivity contribution is -0.387. The van der Waals surface area contributed by atoms with Gasteiger partial charge in [-0.2, -0.15) is 4.31 Å². The Bertz CT molecular complexity index is 706. The number of sulfonamides is 1. The Morgan fingerprint density at radius 2 is 1.92 bits per heavy atom. The molecule has 1 aliphatic heterocycles. The number of nitro groups is 1. The number of para-hydroxylation sites is 1. The number of carbonyl (C=O) groups excluding carboxylic acids is 1. The quantitative estimate of drug-likeness (QED) is 0.573. The van der Waals surface area contributed by atoms with Crippen molar-refractivity contribution in [3.05, 3.63) is 34.4 Å². The third kappa shape index (κ3) is 4.41. The predicted octanol–water partition coefficient (Wildman–Crippen LogP) is 0.0689. The number of benzene rings is 1. The fourth-order valence-electron chi connectivity index (χ4n) is 2.28. The molecular weight excluding hydrogens is 360 g/mol. The van der Waals surface area contributed by atoms with Crippen molar-refractivity contribution < 1.29 is 18.1 Å². The van der Waals surface area contributed by atoms with Crippen molar-refractivity contribution in [1.29, 1.82) is 0 Å². The highest BCUT2D eigenvalue weighted by Crippen LogP contribution is 2.25. The van der Waals surface area contributed by atoms with Crippen LogP contribution in [0.25, 0.3) is 0 Å². The van der Waals surface area contributed by atoms with Crippen LogP contribution < -0.4 is 5.32 Å². The number of piperazine rings is 1. The number of nitrogens with zero attached hydrogens (tertiary/aromatic N) is 3. The lowest BCUT2D eigenvalue weighted by atomic mass is 10.3. The number of carbonyl (C=O) groups is 1. The van der Waals surface area contributed by atoms with Crippen LogP contribution in [0, 0.1) is 10.1 Å². The molecule has 0 atom stereocenters. The third-order valence-electron chi connectivity index (χ3n) is 3.58. The summed E-state index contributed by atoms with van der Waals surface area (Å²) in [5.41, 5.74) is -0.506. The predicted molar refractivity (Wildman–Crippen MR) is 89.6 cm³/mol. The number of amides is 1. The summed E-state index contributed by atoms with van der Waals surface area (Å²) in [5.74, 6) is -0.323. The molecular formula is C13H19ClN4O5S. The largest absolute Gasteiger partial charge is 0.339 e. The van der Waals surface area contributed by atoms with Gasteiger partial charge in [0.25, 0.3) is 5.69 Å². The topological polar surface area (TPSA) is 113 Å². The van der Waals surface area contributed by atoms with Gasteiger partial charge in [-0.1, -0.05) is 12.1 Å². The first kappa shape index (κ1) is 20.3. The van der Waals surface area contributed by atoms with Crippen molar-refractivity contribution in [2.75, 3.05) is 39.8 Å². The second-order valence-corrected chi connectivity index (χ2v) is 7.13. The van der Waals surface area contributed by atoms with Gasteiger partial charge in [-0.15, -0.1) is 12.4 Å². The molecule has 1 aliphatic rings. The summed E-state index contributed by atoms with van der Waals surface area (Å²) in [6.07, 6.45) is 0. The molecule has 24 heavy (non-hydrogen) atoms. The number of halogens is 1. The van der Waals surface area contributed by atoms with Crippen molar-refractivity contribution in [1.82, 2.24) is 14.5 Å². The normalized spacial score (nSPS) is 15.0. The molecule has 2 rings (SSSR count). The van der Waals surface area contributed by atoms with Crippen LogP contribution in [-0.4, -0.2) is 68.2 Å². The fraction of sp³-hybridized carbons (Fsp3) is 0.462. The third-order valence-corrected chi connectivity index (χ3v) is 5.43. The summed E-state index contributed by atoms with van der Waals surface area (Å²) in [6.45, 7) is 1.99. The molecule has 1 heterocycles. The lowest BCUT2D eigenvalue weighted by Gasteiger charge is -2.29. The average Bonchev–Trinajstić information content (AvgIpc) is 2.55. The van der Waals surface area contributed by atoms with Gasteiger partial charge in [0.15, 0.2) is 4.90 Å². The molecule has 0 radical (unpaired) electrons. The van der Waals surface area contributed by atoms with Gasteiger partial charge in [0, 0.05) is 39.3 Å². The van der Waals surface area contributed by atoms with Gasteiger partial charge in [-0.05, 0) is 6.07 Å². The molecule has 11 heteroatoms. The van der Waals surface area contributed by atoms with Crippen LogP contribution in [0.3, 0.4) is 0 Å². The van der Waals surface area contributed by atoms with Crippen molar-refractivity contribution in [2.24, 2.45) is 0 Å². The van der Waals surface area contributed by atoms with Crippen LogP contribution in [0.1, 0.15) is 0 Å². The molecule has 1 fully saturated rings. The van der Waals surface area contributed by atoms with E-state index in [9.17, 15) is 23.3 Å². The highest BCUT2D eigenvalue weighted by molar-refractivity contribution is 7.89. The number of hydrogen-bond donors (Lipinski definition) is 1. The van der Waals surface area contributed by atoms with E-state index >= 15 is 0 Å². The molecule has 1 aromatic rings. The number of nitro benzene ring substituents is 1. The summed E-state index contributed by atoms with van der Waals surface area (Å²) in [4.78, 5) is 23.6. The Kier molecular flexibility index (Phi) is 7.08. The molecule has 9 nitrogen and oxygen atoms in total. The highest BCUT2D eigenvalue weighted by atomic mass is 35.5. The highest BCUT2D eigenvalue weighted by Gasteiger charge is 2.31. The lowest BCUT2D eigenvalue weighted by Crippen LogP contribution is -2.49. The van der Waals surface area contributed by atoms with Crippen LogP contribution in [0.15, 0.2) is 29.2 Å². The van der Waals surface area contributed by atoms with Crippen LogP contribution in [0.5, 0.6) is 0 Å². The minimum atomic E-state index is -4.12. The van der Waals surface area contributed by atoms with Gasteiger partial charge >= 0.3 is 0 Å². The monoisotopic (exact) mass is 378 g/mol. The molecule has 0 aromatic heterocycles. The number of likely N-dealkylation sites (N-methyl/N-ethyl adjacent to an activating group) is 1. The van der Waals surface area contributed by atoms with E-state index in [2.05, 4.69) is 5.32 Å². The molecule has 1 N–H and O–H groups in total. The van der Waals surface area contributed by atoms with Crippen LogP contribution in [0.2, 0.25) is 0 Å². The van der Waals surface area contributed by atoms with E-state index in [0.29, 0.717) is 26.2 Å². The first-order chi connectivity index (χ1) is 10.8. The van der Waals surface area contributed by atoms with Gasteiger partial charge in [0.05, 0.1) is 11.5 Å². The Morgan fingerprint density at radius 3 is 2.50 bits per heavy atom. The van der Waals surface area contributed by atoms with E-state index in [1.807, 2.05) is 0 Å². The van der Waals surface area contributed by atoms with E-state index in [-0.39, 0.29) is 24.9 Å². The van der Waals surface area contributed by atoms with Gasteiger partial charge in [0.2, 0.25) is 15.9 Å². The zero-order valence-electron chi connectivity index (χ0n) is 13.0. The maximum absolute atomic E-state index is 12.5. The average molecular weight is 379 g/mol. The van der Waals surface area contributed by atoms with E-state index in [1.54, 1.807) is 4.90 Å². The maximum atomic E-state index is 12.5.